The fraction of sp³-hybridized carbons (Fsp3) is 0.800. The number of carboxylic acids is 1. The molecule has 0 spiro atoms. The number of hydrogen-bond donors (Lipinski definition) is 2. The minimum absolute atomic E-state index is 0. The van der Waals surface area contributed by atoms with Crippen LogP contribution in [0.15, 0.2) is 0 Å². The standard InChI is InChI=1S/C5H11NO2.HI/c1-3(2)4(6)5(7)8;/h3-4H,6H2,1-2H3,(H,7,8);1H. The Morgan fingerprint density at radius 3 is 1.89 bits per heavy atom. The normalized spacial score (nSPS) is 12.4. The molecule has 9 heavy (non-hydrogen) atoms. The third kappa shape index (κ3) is 4.65. The lowest BCUT2D eigenvalue weighted by Gasteiger charge is -2.07. The summed E-state index contributed by atoms with van der Waals surface area (Å²) in [5, 5.41) is 8.23. The lowest BCUT2D eigenvalue weighted by atomic mass is 10.1. The van der Waals surface area contributed by atoms with Crippen molar-refractivity contribution in [1.29, 1.82) is 0 Å². The summed E-state index contributed by atoms with van der Waals surface area (Å²) in [6.07, 6.45) is 0. The lowest BCUT2D eigenvalue weighted by molar-refractivity contribution is -0.139. The molecule has 0 amide bonds. The molecule has 0 radical (unpaired) electrons. The van der Waals surface area contributed by atoms with E-state index in [0.29, 0.717) is 0 Å². The van der Waals surface area contributed by atoms with E-state index in [4.69, 9.17) is 10.8 Å². The topological polar surface area (TPSA) is 63.3 Å². The predicted octanol–water partition coefficient (Wildman–Crippen LogP) is 0.672. The minimum Gasteiger partial charge on any atom is -0.480 e. The summed E-state index contributed by atoms with van der Waals surface area (Å²) >= 11 is 0. The van der Waals surface area contributed by atoms with Gasteiger partial charge in [-0.05, 0) is 5.92 Å². The molecule has 0 heterocycles. The molecule has 0 aliphatic heterocycles. The highest BCUT2D eigenvalue weighted by Gasteiger charge is 2.14. The molecule has 0 aliphatic carbocycles. The van der Waals surface area contributed by atoms with Crippen molar-refractivity contribution in [2.45, 2.75) is 19.9 Å². The number of halogens is 1. The Bertz CT molecular complexity index is 95.0. The number of hydrogen-bond acceptors (Lipinski definition) is 2. The fourth-order valence-corrected chi connectivity index (χ4v) is 0.285. The van der Waals surface area contributed by atoms with Crippen LogP contribution >= 0.6 is 24.0 Å². The van der Waals surface area contributed by atoms with Gasteiger partial charge in [0.1, 0.15) is 6.04 Å². The summed E-state index contributed by atoms with van der Waals surface area (Å²) in [4.78, 5) is 10.0. The first kappa shape index (κ1) is 11.9. The first-order chi connectivity index (χ1) is 3.55. The third-order valence-corrected chi connectivity index (χ3v) is 1.00. The summed E-state index contributed by atoms with van der Waals surface area (Å²) in [5.41, 5.74) is 5.16. The van der Waals surface area contributed by atoms with Gasteiger partial charge in [0.25, 0.3) is 0 Å². The maximum Gasteiger partial charge on any atom is 0.320 e. The SMILES string of the molecule is CC(C)C(N)C(=O)O.I. The van der Waals surface area contributed by atoms with Crippen molar-refractivity contribution >= 4 is 29.9 Å². The molecule has 0 bridgehead atoms. The van der Waals surface area contributed by atoms with E-state index in [9.17, 15) is 4.79 Å². The molecule has 1 atom stereocenters. The quantitative estimate of drug-likeness (QED) is 0.703. The van der Waals surface area contributed by atoms with Gasteiger partial charge in [-0.15, -0.1) is 24.0 Å². The molecule has 3 N–H and O–H groups in total. The number of aliphatic carboxylic acids is 1. The summed E-state index contributed by atoms with van der Waals surface area (Å²) in [6.45, 7) is 3.55. The fourth-order valence-electron chi connectivity index (χ4n) is 0.285. The molecule has 0 aliphatic rings. The highest BCUT2D eigenvalue weighted by molar-refractivity contribution is 14.0. The van der Waals surface area contributed by atoms with Gasteiger partial charge < -0.3 is 10.8 Å². The van der Waals surface area contributed by atoms with Crippen LogP contribution in [0.25, 0.3) is 0 Å². The molecule has 1 unspecified atom stereocenters. The van der Waals surface area contributed by atoms with Gasteiger partial charge in [-0.2, -0.15) is 0 Å². The van der Waals surface area contributed by atoms with Gasteiger partial charge in [-0.3, -0.25) is 4.79 Å². The molecule has 0 aromatic rings. The second-order valence-electron chi connectivity index (χ2n) is 2.11. The predicted molar refractivity (Wildman–Crippen MR) is 45.9 cm³/mol. The summed E-state index contributed by atoms with van der Waals surface area (Å²) in [6, 6.07) is -0.713. The van der Waals surface area contributed by atoms with Crippen molar-refractivity contribution < 1.29 is 9.90 Å². The first-order valence-electron chi connectivity index (χ1n) is 2.54. The Kier molecular flexibility index (Phi) is 6.59. The van der Waals surface area contributed by atoms with Crippen LogP contribution in [0, 0.1) is 5.92 Å². The monoisotopic (exact) mass is 245 g/mol. The molecule has 3 nitrogen and oxygen atoms in total. The summed E-state index contributed by atoms with van der Waals surface area (Å²) < 4.78 is 0. The van der Waals surface area contributed by atoms with Gasteiger partial charge in [0.2, 0.25) is 0 Å². The maximum absolute atomic E-state index is 10.0. The zero-order chi connectivity index (χ0) is 6.73. The minimum atomic E-state index is -0.931. The number of carbonyl (C=O) groups is 1. The Balaban J connectivity index is 0. The molecule has 4 heteroatoms. The van der Waals surface area contributed by atoms with E-state index in [1.165, 1.54) is 0 Å². The van der Waals surface area contributed by atoms with E-state index in [1.807, 2.05) is 0 Å². The van der Waals surface area contributed by atoms with Crippen molar-refractivity contribution in [2.75, 3.05) is 0 Å². The van der Waals surface area contributed by atoms with Gasteiger partial charge in [-0.25, -0.2) is 0 Å². The van der Waals surface area contributed by atoms with Gasteiger partial charge in [0.05, 0.1) is 0 Å². The van der Waals surface area contributed by atoms with Crippen LogP contribution in [0.3, 0.4) is 0 Å². The van der Waals surface area contributed by atoms with Crippen molar-refractivity contribution in [3.63, 3.8) is 0 Å². The molecule has 0 fully saturated rings. The Morgan fingerprint density at radius 1 is 1.56 bits per heavy atom. The third-order valence-electron chi connectivity index (χ3n) is 1.00. The number of carboxylic acid groups (broad SMARTS) is 1. The average Bonchev–Trinajstić information content (AvgIpc) is 1.64. The van der Waals surface area contributed by atoms with Gasteiger partial charge in [0.15, 0.2) is 0 Å². The molecular weight excluding hydrogens is 233 g/mol. The highest BCUT2D eigenvalue weighted by Crippen LogP contribution is 1.96. The van der Waals surface area contributed by atoms with E-state index in [0.717, 1.165) is 0 Å². The van der Waals surface area contributed by atoms with Crippen LogP contribution in [-0.2, 0) is 4.79 Å². The second kappa shape index (κ2) is 4.99. The average molecular weight is 245 g/mol. The van der Waals surface area contributed by atoms with E-state index in [2.05, 4.69) is 0 Å². The second-order valence-corrected chi connectivity index (χ2v) is 2.11. The molecule has 0 saturated heterocycles. The Labute approximate surface area is 71.6 Å². The van der Waals surface area contributed by atoms with E-state index >= 15 is 0 Å². The van der Waals surface area contributed by atoms with E-state index in [-0.39, 0.29) is 29.9 Å². The largest absolute Gasteiger partial charge is 0.480 e. The zero-order valence-electron chi connectivity index (χ0n) is 5.50. The number of rotatable bonds is 2. The van der Waals surface area contributed by atoms with E-state index in [1.54, 1.807) is 13.8 Å². The Hall–Kier alpha value is 0.160. The van der Waals surface area contributed by atoms with Gasteiger partial charge in [0, 0.05) is 0 Å². The highest BCUT2D eigenvalue weighted by atomic mass is 127. The molecule has 0 aromatic carbocycles. The van der Waals surface area contributed by atoms with Crippen LogP contribution in [0.4, 0.5) is 0 Å². The van der Waals surface area contributed by atoms with Crippen molar-refractivity contribution in [1.82, 2.24) is 0 Å². The van der Waals surface area contributed by atoms with Gasteiger partial charge >= 0.3 is 5.97 Å². The Morgan fingerprint density at radius 2 is 1.89 bits per heavy atom. The van der Waals surface area contributed by atoms with Crippen molar-refractivity contribution in [3.05, 3.63) is 0 Å². The lowest BCUT2D eigenvalue weighted by Crippen LogP contribution is -2.34. The summed E-state index contributed by atoms with van der Waals surface area (Å²) in [7, 11) is 0. The maximum atomic E-state index is 10.0. The van der Waals surface area contributed by atoms with Crippen LogP contribution in [-0.4, -0.2) is 17.1 Å². The van der Waals surface area contributed by atoms with Crippen LogP contribution in [0.2, 0.25) is 0 Å². The van der Waals surface area contributed by atoms with Crippen LogP contribution < -0.4 is 5.73 Å². The zero-order valence-corrected chi connectivity index (χ0v) is 7.83. The molecule has 0 rings (SSSR count). The van der Waals surface area contributed by atoms with Crippen molar-refractivity contribution in [3.8, 4) is 0 Å². The molecule has 0 saturated carbocycles. The van der Waals surface area contributed by atoms with Crippen LogP contribution in [0.5, 0.6) is 0 Å². The molecule has 0 aromatic heterocycles. The van der Waals surface area contributed by atoms with E-state index < -0.39 is 12.0 Å². The summed E-state index contributed by atoms with van der Waals surface area (Å²) in [5.74, 6) is -0.910. The molecule has 56 valence electrons. The van der Waals surface area contributed by atoms with Crippen molar-refractivity contribution in [2.24, 2.45) is 11.7 Å². The number of nitrogens with two attached hydrogens (primary N) is 1. The van der Waals surface area contributed by atoms with Crippen LogP contribution in [0.1, 0.15) is 13.8 Å². The van der Waals surface area contributed by atoms with Gasteiger partial charge in [-0.1, -0.05) is 13.8 Å². The first-order valence-corrected chi connectivity index (χ1v) is 2.54. The smallest absolute Gasteiger partial charge is 0.320 e. The molecular formula is C5H12INO2.